The van der Waals surface area contributed by atoms with Crippen molar-refractivity contribution in [2.24, 2.45) is 0 Å². The third-order valence-corrected chi connectivity index (χ3v) is 0. The van der Waals surface area contributed by atoms with Crippen LogP contribution in [0.15, 0.2) is 0 Å². The molecule has 0 fully saturated rings. The van der Waals surface area contributed by atoms with Crippen LogP contribution in [0, 0.1) is 0 Å². The van der Waals surface area contributed by atoms with Crippen molar-refractivity contribution in [1.82, 2.24) is 0 Å². The van der Waals surface area contributed by atoms with Crippen molar-refractivity contribution < 1.29 is 6.15 Å². The van der Waals surface area contributed by atoms with Gasteiger partial charge in [-0.3, -0.25) is 0 Å². The molecule has 0 atom stereocenters. The predicted molar refractivity (Wildman–Crippen MR) is 12.9 cm³/mol. The molecule has 0 N–H and O–H groups in total. The summed E-state index contributed by atoms with van der Waals surface area (Å²) in [6.07, 6.45) is 0. The molecule has 0 aromatic heterocycles. The molecule has 0 aliphatic heterocycles. The zero-order valence-corrected chi connectivity index (χ0v) is 8.56. The van der Waals surface area contributed by atoms with Gasteiger partial charge < -0.3 is 0 Å². The summed E-state index contributed by atoms with van der Waals surface area (Å²) >= 11 is -2.27. The Balaban J connectivity index is 0. The fourth-order valence-electron chi connectivity index (χ4n) is 0. The first-order chi connectivity index (χ1) is 1.41. The zero-order chi connectivity index (χ0) is 2.71. The van der Waals surface area contributed by atoms with Crippen molar-refractivity contribution in [3.05, 3.63) is 0 Å². The maximum Gasteiger partial charge on any atom is 0 e. The molecule has 0 heterocycles. The second kappa shape index (κ2) is 8.85. The molecule has 0 aliphatic carbocycles. The summed E-state index contributed by atoms with van der Waals surface area (Å²) in [6.45, 7) is 0. The molecule has 0 bridgehead atoms. The van der Waals surface area contributed by atoms with Gasteiger partial charge in [0.15, 0.2) is 0 Å². The van der Waals surface area contributed by atoms with Gasteiger partial charge in [0.05, 0.1) is 0 Å². The quantitative estimate of drug-likeness (QED) is 0.521. The number of rotatable bonds is 0. The summed E-state index contributed by atoms with van der Waals surface area (Å²) in [7, 11) is 0. The summed E-state index contributed by atoms with van der Waals surface area (Å²) in [5, 5.41) is 0. The first kappa shape index (κ1) is 9.01. The molecule has 0 saturated heterocycles. The van der Waals surface area contributed by atoms with Crippen LogP contribution in [0.1, 0.15) is 0 Å². The molecule has 0 aromatic rings. The van der Waals surface area contributed by atoms with Gasteiger partial charge >= 0.3 is 27.3 Å². The van der Waals surface area contributed by atoms with Crippen LogP contribution in [0.3, 0.4) is 0 Å². The average molecular weight is 358 g/mol. The van der Waals surface area contributed by atoms with Crippen molar-refractivity contribution in [1.29, 1.82) is 0 Å². The Morgan fingerprint density at radius 3 is 1.25 bits per heavy atom. The van der Waals surface area contributed by atoms with Crippen LogP contribution < -0.4 is 0 Å². The first-order valence-corrected chi connectivity index (χ1v) is 2.74. The van der Waals surface area contributed by atoms with Crippen molar-refractivity contribution in [3.63, 3.8) is 0 Å². The van der Waals surface area contributed by atoms with Crippen molar-refractivity contribution in [2.45, 2.75) is 0 Å². The molecule has 4 radical (unpaired) electrons. The van der Waals surface area contributed by atoms with E-state index in [0.717, 1.165) is 0 Å². The molecular formula is O2PbSn. The standard InChI is InChI=1S/2O.Pb.Sn. The minimum Gasteiger partial charge on any atom is 0 e. The largest absolute Gasteiger partial charge is 0 e. The topological polar surface area (TPSA) is 34.1 Å². The van der Waals surface area contributed by atoms with E-state index in [-0.39, 0.29) is 27.3 Å². The Kier molecular flexibility index (Phi) is 19.9. The summed E-state index contributed by atoms with van der Waals surface area (Å²) < 4.78 is 17.1. The summed E-state index contributed by atoms with van der Waals surface area (Å²) in [4.78, 5) is 0. The average Bonchev–Trinajstić information content (AvgIpc) is 0.918. The van der Waals surface area contributed by atoms with Gasteiger partial charge in [-0.15, -0.1) is 0 Å². The predicted octanol–water partition coefficient (Wildman–Crippen LogP) is -0.999. The Labute approximate surface area is 54.1 Å². The normalized spacial score (nSPS) is 2.00. The Bertz CT molecular complexity index is 27.0. The van der Waals surface area contributed by atoms with E-state index in [9.17, 15) is 0 Å². The molecule has 4 heavy (non-hydrogen) atoms. The minimum atomic E-state index is -2.27. The van der Waals surface area contributed by atoms with Gasteiger partial charge in [0, 0.05) is 27.3 Å². The monoisotopic (exact) mass is 360 g/mol. The van der Waals surface area contributed by atoms with Gasteiger partial charge in [-0.2, -0.15) is 0 Å². The van der Waals surface area contributed by atoms with E-state index in [1.165, 1.54) is 0 Å². The smallest absolute Gasteiger partial charge is 0 e. The van der Waals surface area contributed by atoms with E-state index in [2.05, 4.69) is 0 Å². The van der Waals surface area contributed by atoms with E-state index in [0.29, 0.717) is 0 Å². The third kappa shape index (κ3) is 10.3. The summed E-state index contributed by atoms with van der Waals surface area (Å²) in [5.41, 5.74) is 0. The van der Waals surface area contributed by atoms with Gasteiger partial charge in [0.1, 0.15) is 0 Å². The molecule has 0 rings (SSSR count). The SMILES string of the molecule is [O]=[Sn]=[O].[Pb]. The van der Waals surface area contributed by atoms with Crippen LogP contribution in [0.2, 0.25) is 0 Å². The van der Waals surface area contributed by atoms with Crippen LogP contribution in [0.4, 0.5) is 0 Å². The minimum absolute atomic E-state index is 0. The number of hydrogen-bond donors (Lipinski definition) is 0. The van der Waals surface area contributed by atoms with Gasteiger partial charge in [-0.1, -0.05) is 0 Å². The molecule has 20 valence electrons. The van der Waals surface area contributed by atoms with Crippen LogP contribution in [-0.4, -0.2) is 48.4 Å². The molecule has 0 amide bonds. The van der Waals surface area contributed by atoms with E-state index in [4.69, 9.17) is 6.15 Å². The fourth-order valence-corrected chi connectivity index (χ4v) is 0. The van der Waals surface area contributed by atoms with Crippen molar-refractivity contribution >= 4 is 48.4 Å². The van der Waals surface area contributed by atoms with Crippen LogP contribution in [-0.2, 0) is 6.15 Å². The second-order valence-electron chi connectivity index (χ2n) is 0.0833. The summed E-state index contributed by atoms with van der Waals surface area (Å²) in [6, 6.07) is 0. The second-order valence-corrected chi connectivity index (χ2v) is 0.559. The van der Waals surface area contributed by atoms with Crippen LogP contribution >= 0.6 is 0 Å². The molecule has 0 aliphatic rings. The molecule has 0 saturated carbocycles. The van der Waals surface area contributed by atoms with Gasteiger partial charge in [-0.05, 0) is 0 Å². The zero-order valence-electron chi connectivity index (χ0n) is 1.82. The van der Waals surface area contributed by atoms with Crippen molar-refractivity contribution in [3.8, 4) is 0 Å². The Hall–Kier alpha value is 1.32. The Morgan fingerprint density at radius 2 is 1.25 bits per heavy atom. The molecule has 4 heteroatoms. The fraction of sp³-hybridized carbons (Fsp3) is 0. The molecule has 0 aromatic carbocycles. The molecule has 0 spiro atoms. The van der Waals surface area contributed by atoms with Gasteiger partial charge in [0.2, 0.25) is 0 Å². The molecule has 0 unspecified atom stereocenters. The van der Waals surface area contributed by atoms with Crippen LogP contribution in [0.25, 0.3) is 0 Å². The van der Waals surface area contributed by atoms with Gasteiger partial charge in [-0.25, -0.2) is 0 Å². The summed E-state index contributed by atoms with van der Waals surface area (Å²) in [5.74, 6) is 0. The van der Waals surface area contributed by atoms with E-state index in [1.807, 2.05) is 0 Å². The van der Waals surface area contributed by atoms with Crippen molar-refractivity contribution in [2.75, 3.05) is 0 Å². The van der Waals surface area contributed by atoms with Gasteiger partial charge in [0.25, 0.3) is 0 Å². The van der Waals surface area contributed by atoms with E-state index < -0.39 is 21.1 Å². The first-order valence-electron chi connectivity index (χ1n) is 0.408. The van der Waals surface area contributed by atoms with Crippen LogP contribution in [0.5, 0.6) is 0 Å². The van der Waals surface area contributed by atoms with E-state index >= 15 is 0 Å². The number of hydrogen-bond acceptors (Lipinski definition) is 2. The third-order valence-electron chi connectivity index (χ3n) is 0. The Morgan fingerprint density at radius 1 is 1.25 bits per heavy atom. The molecular weight excluding hydrogens is 358 g/mol. The maximum absolute atomic E-state index is 8.54. The van der Waals surface area contributed by atoms with E-state index in [1.54, 1.807) is 0 Å². The molecule has 2 nitrogen and oxygen atoms in total. The maximum atomic E-state index is 8.54.